The molecule has 1 aromatic heterocycles. The summed E-state index contributed by atoms with van der Waals surface area (Å²) in [6.45, 7) is 3.48. The maximum Gasteiger partial charge on any atom is 0.340 e. The maximum atomic E-state index is 12.0. The van der Waals surface area contributed by atoms with Gasteiger partial charge < -0.3 is 14.8 Å². The highest BCUT2D eigenvalue weighted by Crippen LogP contribution is 2.34. The average molecular weight is 301 g/mol. The minimum Gasteiger partial charge on any atom is -0.465 e. The first-order valence-electron chi connectivity index (χ1n) is 7.04. The molecule has 2 aromatic rings. The highest BCUT2D eigenvalue weighted by atomic mass is 16.5. The van der Waals surface area contributed by atoms with Crippen LogP contribution in [0, 0.1) is 0 Å². The number of hydrogen-bond donors (Lipinski definition) is 2. The number of H-pyrrole nitrogens is 1. The number of aldehydes is 1. The van der Waals surface area contributed by atoms with E-state index in [1.54, 1.807) is 19.1 Å². The Kier molecular flexibility index (Phi) is 4.47. The Morgan fingerprint density at radius 3 is 2.50 bits per heavy atom. The maximum absolute atomic E-state index is 12.0. The molecule has 1 aromatic carbocycles. The lowest BCUT2D eigenvalue weighted by atomic mass is 9.88. The number of aromatic amines is 1. The second kappa shape index (κ2) is 6.15. The summed E-state index contributed by atoms with van der Waals surface area (Å²) < 4.78 is 4.75. The molecule has 2 rings (SSSR count). The first kappa shape index (κ1) is 16.0. The predicted octanol–water partition coefficient (Wildman–Crippen LogP) is 2.43. The number of ether oxygens (including phenoxy) is 1. The van der Waals surface area contributed by atoms with Crippen molar-refractivity contribution in [3.63, 3.8) is 0 Å². The van der Waals surface area contributed by atoms with Crippen LogP contribution in [0.5, 0.6) is 0 Å². The van der Waals surface area contributed by atoms with Crippen molar-refractivity contribution in [1.82, 2.24) is 4.98 Å². The lowest BCUT2D eigenvalue weighted by Crippen LogP contribution is -2.25. The molecule has 0 aliphatic heterocycles. The van der Waals surface area contributed by atoms with Gasteiger partial charge in [0.2, 0.25) is 0 Å². The van der Waals surface area contributed by atoms with E-state index in [1.165, 1.54) is 7.11 Å². The minimum atomic E-state index is -1.35. The average Bonchev–Trinajstić information content (AvgIpc) is 2.94. The molecule has 5 heteroatoms. The molecule has 116 valence electrons. The van der Waals surface area contributed by atoms with E-state index in [4.69, 9.17) is 4.74 Å². The van der Waals surface area contributed by atoms with Gasteiger partial charge in [0.15, 0.2) is 6.29 Å². The zero-order valence-electron chi connectivity index (χ0n) is 12.8. The fraction of sp³-hybridized carbons (Fsp3) is 0.294. The topological polar surface area (TPSA) is 79.4 Å². The van der Waals surface area contributed by atoms with Gasteiger partial charge in [-0.25, -0.2) is 4.79 Å². The van der Waals surface area contributed by atoms with Crippen molar-refractivity contribution in [2.24, 2.45) is 0 Å². The third-order valence-electron chi connectivity index (χ3n) is 3.82. The van der Waals surface area contributed by atoms with Crippen LogP contribution < -0.4 is 0 Å². The molecule has 0 radical (unpaired) electrons. The largest absolute Gasteiger partial charge is 0.465 e. The van der Waals surface area contributed by atoms with Crippen molar-refractivity contribution >= 4 is 12.3 Å². The summed E-state index contributed by atoms with van der Waals surface area (Å²) in [4.78, 5) is 26.1. The van der Waals surface area contributed by atoms with Crippen molar-refractivity contribution < 1.29 is 19.4 Å². The molecule has 1 heterocycles. The molecule has 22 heavy (non-hydrogen) atoms. The van der Waals surface area contributed by atoms with Gasteiger partial charge in [-0.15, -0.1) is 0 Å². The summed E-state index contributed by atoms with van der Waals surface area (Å²) in [6.07, 6.45) is 1.04. The molecule has 0 aliphatic carbocycles. The molecule has 0 saturated carbocycles. The number of nitrogens with one attached hydrogen (secondary N) is 1. The number of rotatable bonds is 5. The number of benzene rings is 1. The van der Waals surface area contributed by atoms with Crippen molar-refractivity contribution in [3.8, 4) is 0 Å². The zero-order valence-corrected chi connectivity index (χ0v) is 12.8. The fourth-order valence-electron chi connectivity index (χ4n) is 2.66. The van der Waals surface area contributed by atoms with Gasteiger partial charge in [-0.05, 0) is 24.5 Å². The van der Waals surface area contributed by atoms with Gasteiger partial charge >= 0.3 is 5.97 Å². The van der Waals surface area contributed by atoms with E-state index in [-0.39, 0.29) is 11.3 Å². The van der Waals surface area contributed by atoms with Crippen molar-refractivity contribution in [2.45, 2.75) is 25.9 Å². The molecule has 5 nitrogen and oxygen atoms in total. The molecular formula is C17H19NO4. The van der Waals surface area contributed by atoms with Crippen LogP contribution in [0.2, 0.25) is 0 Å². The van der Waals surface area contributed by atoms with Gasteiger partial charge in [0, 0.05) is 0 Å². The van der Waals surface area contributed by atoms with Crippen molar-refractivity contribution in [1.29, 1.82) is 0 Å². The monoisotopic (exact) mass is 301 g/mol. The molecule has 2 N–H and O–H groups in total. The summed E-state index contributed by atoms with van der Waals surface area (Å²) >= 11 is 0. The van der Waals surface area contributed by atoms with E-state index in [9.17, 15) is 14.7 Å². The molecule has 0 amide bonds. The number of hydrogen-bond acceptors (Lipinski definition) is 4. The fourth-order valence-corrected chi connectivity index (χ4v) is 2.66. The first-order valence-corrected chi connectivity index (χ1v) is 7.04. The third kappa shape index (κ3) is 2.55. The zero-order chi connectivity index (χ0) is 16.3. The van der Waals surface area contributed by atoms with Gasteiger partial charge in [-0.2, -0.15) is 0 Å². The molecule has 0 bridgehead atoms. The smallest absolute Gasteiger partial charge is 0.340 e. The van der Waals surface area contributed by atoms with Crippen LogP contribution in [0.25, 0.3) is 0 Å². The standard InChI is InChI=1S/C17H19NO4/c1-4-12-14(16(20)22-3)13(10-19)18-15(12)17(2,21)11-8-6-5-7-9-11/h5-10,18,21H,4H2,1-3H3. The van der Waals surface area contributed by atoms with Crippen LogP contribution >= 0.6 is 0 Å². The lowest BCUT2D eigenvalue weighted by molar-refractivity contribution is 0.0597. The number of methoxy groups -OCH3 is 1. The van der Waals surface area contributed by atoms with E-state index in [2.05, 4.69) is 4.98 Å². The highest BCUT2D eigenvalue weighted by Gasteiger charge is 2.34. The Hall–Kier alpha value is -2.40. The summed E-state index contributed by atoms with van der Waals surface area (Å²) in [5.74, 6) is -0.592. The second-order valence-corrected chi connectivity index (χ2v) is 5.17. The normalized spacial score (nSPS) is 13.5. The highest BCUT2D eigenvalue weighted by molar-refractivity contribution is 5.99. The number of aliphatic hydroxyl groups is 1. The van der Waals surface area contributed by atoms with E-state index < -0.39 is 11.6 Å². The van der Waals surface area contributed by atoms with Gasteiger partial charge in [-0.1, -0.05) is 37.3 Å². The summed E-state index contributed by atoms with van der Waals surface area (Å²) in [7, 11) is 1.26. The van der Waals surface area contributed by atoms with Crippen LogP contribution in [-0.2, 0) is 16.8 Å². The van der Waals surface area contributed by atoms with Crippen LogP contribution in [0.4, 0.5) is 0 Å². The van der Waals surface area contributed by atoms with Crippen LogP contribution in [0.1, 0.15) is 51.5 Å². The lowest BCUT2D eigenvalue weighted by Gasteiger charge is -2.24. The van der Waals surface area contributed by atoms with E-state index in [0.717, 1.165) is 0 Å². The predicted molar refractivity (Wildman–Crippen MR) is 82.0 cm³/mol. The Bertz CT molecular complexity index is 686. The summed E-state index contributed by atoms with van der Waals surface area (Å²) in [5.41, 5.74) is 0.642. The molecule has 1 unspecified atom stereocenters. The van der Waals surface area contributed by atoms with E-state index >= 15 is 0 Å². The van der Waals surface area contributed by atoms with Crippen LogP contribution in [0.15, 0.2) is 30.3 Å². The Morgan fingerprint density at radius 2 is 2.00 bits per heavy atom. The quantitative estimate of drug-likeness (QED) is 0.656. The van der Waals surface area contributed by atoms with E-state index in [0.29, 0.717) is 29.5 Å². The second-order valence-electron chi connectivity index (χ2n) is 5.17. The number of aromatic nitrogens is 1. The summed E-state index contributed by atoms with van der Waals surface area (Å²) in [5, 5.41) is 11.0. The van der Waals surface area contributed by atoms with Crippen LogP contribution in [0.3, 0.4) is 0 Å². The number of carbonyl (C=O) groups is 2. The van der Waals surface area contributed by atoms with Crippen molar-refractivity contribution in [3.05, 3.63) is 58.4 Å². The molecule has 0 fully saturated rings. The van der Waals surface area contributed by atoms with Gasteiger partial charge in [0.05, 0.1) is 24.1 Å². The number of carbonyl (C=O) groups excluding carboxylic acids is 2. The SMILES string of the molecule is CCc1c(C(C)(O)c2ccccc2)[nH]c(C=O)c1C(=O)OC. The van der Waals surface area contributed by atoms with Gasteiger partial charge in [-0.3, -0.25) is 4.79 Å². The third-order valence-corrected chi connectivity index (χ3v) is 3.82. The minimum absolute atomic E-state index is 0.120. The molecule has 0 aliphatic rings. The van der Waals surface area contributed by atoms with Crippen LogP contribution in [-0.4, -0.2) is 29.5 Å². The van der Waals surface area contributed by atoms with E-state index in [1.807, 2.05) is 25.1 Å². The summed E-state index contributed by atoms with van der Waals surface area (Å²) in [6, 6.07) is 9.07. The molecule has 0 spiro atoms. The first-order chi connectivity index (χ1) is 10.5. The van der Waals surface area contributed by atoms with Gasteiger partial charge in [0.25, 0.3) is 0 Å². The van der Waals surface area contributed by atoms with Crippen molar-refractivity contribution in [2.75, 3.05) is 7.11 Å². The Balaban J connectivity index is 2.68. The molecule has 0 saturated heterocycles. The van der Waals surface area contributed by atoms with Gasteiger partial charge in [0.1, 0.15) is 5.60 Å². The Labute approximate surface area is 128 Å². The molecule has 1 atom stereocenters. The Morgan fingerprint density at radius 1 is 1.36 bits per heavy atom. The number of esters is 1. The molecular weight excluding hydrogens is 282 g/mol.